The van der Waals surface area contributed by atoms with Crippen molar-refractivity contribution in [2.24, 2.45) is 17.8 Å². The molecule has 3 unspecified atom stereocenters. The molecule has 4 aliphatic heterocycles. The number of likely N-dealkylation sites (tertiary alicyclic amines) is 1. The number of benzene rings is 2. The molecular weight excluding hydrogens is 786 g/mol. The molecular formula is C47H66FN3O10. The summed E-state index contributed by atoms with van der Waals surface area (Å²) in [6.07, 6.45) is -5.35. The van der Waals surface area contributed by atoms with Crippen LogP contribution in [0.2, 0.25) is 0 Å². The molecule has 0 saturated carbocycles. The number of nitrogens with zero attached hydrogens (tertiary/aromatic N) is 3. The lowest BCUT2D eigenvalue weighted by Gasteiger charge is -2.50. The summed E-state index contributed by atoms with van der Waals surface area (Å²) < 4.78 is 48.0. The van der Waals surface area contributed by atoms with E-state index in [0.29, 0.717) is 19.5 Å². The maximum Gasteiger partial charge on any atom is 0.411 e. The van der Waals surface area contributed by atoms with Crippen LogP contribution in [-0.2, 0) is 38.1 Å². The predicted molar refractivity (Wildman–Crippen MR) is 225 cm³/mol. The van der Waals surface area contributed by atoms with E-state index in [0.717, 1.165) is 18.1 Å². The van der Waals surface area contributed by atoms with Gasteiger partial charge in [-0.05, 0) is 72.2 Å². The highest BCUT2D eigenvalue weighted by Gasteiger charge is 2.64. The lowest BCUT2D eigenvalue weighted by molar-refractivity contribution is -0.295. The van der Waals surface area contributed by atoms with Crippen LogP contribution in [0.4, 0.5) is 9.18 Å². The number of amides is 1. The van der Waals surface area contributed by atoms with Crippen molar-refractivity contribution >= 4 is 23.6 Å². The lowest BCUT2D eigenvalue weighted by atomic mass is 9.72. The zero-order chi connectivity index (χ0) is 44.8. The van der Waals surface area contributed by atoms with Crippen LogP contribution in [0.1, 0.15) is 91.8 Å². The minimum atomic E-state index is -3.18. The van der Waals surface area contributed by atoms with Crippen LogP contribution in [0, 0.1) is 17.8 Å². The third kappa shape index (κ3) is 8.77. The van der Waals surface area contributed by atoms with Gasteiger partial charge in [-0.25, -0.2) is 14.0 Å². The van der Waals surface area contributed by atoms with Gasteiger partial charge >= 0.3 is 12.1 Å². The quantitative estimate of drug-likeness (QED) is 0.242. The first-order chi connectivity index (χ1) is 28.7. The molecule has 61 heavy (non-hydrogen) atoms. The lowest BCUT2D eigenvalue weighted by Crippen LogP contribution is -2.66. The van der Waals surface area contributed by atoms with E-state index < -0.39 is 83.1 Å². The number of cyclic esters (lactones) is 1. The Hall–Kier alpha value is -3.79. The minimum absolute atomic E-state index is 0.000363. The Labute approximate surface area is 360 Å². The van der Waals surface area contributed by atoms with E-state index >= 15 is 4.39 Å². The Balaban J connectivity index is 1.37. The minimum Gasteiger partial charge on any atom is -0.455 e. The Morgan fingerprint density at radius 1 is 0.918 bits per heavy atom. The van der Waals surface area contributed by atoms with Gasteiger partial charge in [-0.15, -0.1) is 0 Å². The summed E-state index contributed by atoms with van der Waals surface area (Å²) in [5.41, 5.74) is -4.06. The van der Waals surface area contributed by atoms with Crippen LogP contribution < -0.4 is 0 Å². The summed E-state index contributed by atoms with van der Waals surface area (Å²) in [4.78, 5) is 63.4. The van der Waals surface area contributed by atoms with E-state index in [2.05, 4.69) is 29.2 Å². The van der Waals surface area contributed by atoms with Crippen LogP contribution in [-0.4, -0.2) is 143 Å². The number of carbonyl (C=O) groups is 4. The van der Waals surface area contributed by atoms with Crippen molar-refractivity contribution in [2.75, 3.05) is 34.3 Å². The standard InChI is InChI=1S/C47H66FN3O10/c1-12-35-47(8)39(51(44(56)61-47)33-25-50(26-33)36(31-19-15-13-16-20-31)32-21-17-14-18-22-32)29(4)37(52)27(2)24-45(6,57-11)41(30(5)40(54)46(7,48)43(55)59-35)60-42-38(53)34(49(9)10)23-28(3)58-42/h13-22,27-30,33-36,38-39,41-42,53H,12,23-26H2,1-11H3/t27-,28+,29-,30+,34-,35-,38-,39+,41-,42-,45?,46?,47?/m0/s1. The van der Waals surface area contributed by atoms with Gasteiger partial charge in [-0.1, -0.05) is 88.4 Å². The molecule has 14 heteroatoms. The molecule has 0 aliphatic carbocycles. The second-order valence-corrected chi connectivity index (χ2v) is 18.6. The normalized spacial score (nSPS) is 38.5. The number of carbonyl (C=O) groups excluding carboxylic acids is 4. The van der Waals surface area contributed by atoms with E-state index in [1.807, 2.05) is 62.3 Å². The number of halogens is 1. The molecule has 2 aromatic carbocycles. The number of aliphatic hydroxyl groups excluding tert-OH is 1. The number of aliphatic hydroxyl groups is 1. The van der Waals surface area contributed by atoms with Crippen LogP contribution in [0.3, 0.4) is 0 Å². The Morgan fingerprint density at radius 2 is 1.49 bits per heavy atom. The van der Waals surface area contributed by atoms with Gasteiger partial charge in [-0.3, -0.25) is 19.4 Å². The van der Waals surface area contributed by atoms with Crippen LogP contribution in [0.5, 0.6) is 0 Å². The monoisotopic (exact) mass is 851 g/mol. The molecule has 0 bridgehead atoms. The predicted octanol–water partition coefficient (Wildman–Crippen LogP) is 5.76. The number of methoxy groups -OCH3 is 1. The number of esters is 1. The average molecular weight is 852 g/mol. The number of hydrogen-bond donors (Lipinski definition) is 1. The van der Waals surface area contributed by atoms with Crippen molar-refractivity contribution in [3.05, 3.63) is 71.8 Å². The molecule has 1 amide bonds. The van der Waals surface area contributed by atoms with Gasteiger partial charge in [0.05, 0.1) is 35.9 Å². The highest BCUT2D eigenvalue weighted by molar-refractivity contribution is 6.08. The number of fused-ring (bicyclic) bond motifs is 1. The molecule has 13 atom stereocenters. The fourth-order valence-electron chi connectivity index (χ4n) is 10.5. The number of ether oxygens (including phenoxy) is 5. The van der Waals surface area contributed by atoms with Crippen LogP contribution in [0.25, 0.3) is 0 Å². The van der Waals surface area contributed by atoms with Gasteiger partial charge in [0.25, 0.3) is 5.67 Å². The van der Waals surface area contributed by atoms with Gasteiger partial charge in [0.1, 0.15) is 18.0 Å². The first kappa shape index (κ1) is 46.7. The molecule has 0 spiro atoms. The second-order valence-electron chi connectivity index (χ2n) is 18.6. The third-order valence-electron chi connectivity index (χ3n) is 14.0. The van der Waals surface area contributed by atoms with E-state index in [1.165, 1.54) is 14.0 Å². The fourth-order valence-corrected chi connectivity index (χ4v) is 10.5. The van der Waals surface area contributed by atoms with Crippen LogP contribution >= 0.6 is 0 Å². The second kappa shape index (κ2) is 18.1. The molecule has 2 aromatic rings. The van der Waals surface area contributed by atoms with Crippen molar-refractivity contribution in [1.29, 1.82) is 0 Å². The largest absolute Gasteiger partial charge is 0.455 e. The van der Waals surface area contributed by atoms with Crippen molar-refractivity contribution in [3.63, 3.8) is 0 Å². The Bertz CT molecular complexity index is 1840. The summed E-state index contributed by atoms with van der Waals surface area (Å²) in [6, 6.07) is 18.4. The SMILES string of the molecule is CC[C@@H]1OC(=O)C(C)(F)C(=O)[C@@H](C)[C@H](O[C@@H]2O[C@H](C)C[C@H](N(C)C)[C@@H]2O)C(C)(OC)C[C@H](C)C(=O)[C@H](C)[C@H]2N(C3CN(C(c4ccccc4)c4ccccc4)C3)C(=O)OC12C. The number of likely N-dealkylation sites (N-methyl/N-ethyl adjacent to an activating group) is 1. The van der Waals surface area contributed by atoms with Gasteiger partial charge in [0.15, 0.2) is 17.7 Å². The van der Waals surface area contributed by atoms with E-state index in [-0.39, 0.29) is 42.9 Å². The van der Waals surface area contributed by atoms with Gasteiger partial charge in [-0.2, -0.15) is 0 Å². The Kier molecular flexibility index (Phi) is 13.9. The molecule has 1 N–H and O–H groups in total. The molecule has 0 aromatic heterocycles. The highest BCUT2D eigenvalue weighted by atomic mass is 19.1. The van der Waals surface area contributed by atoms with Crippen molar-refractivity contribution in [1.82, 2.24) is 14.7 Å². The smallest absolute Gasteiger partial charge is 0.411 e. The zero-order valence-electron chi connectivity index (χ0n) is 37.6. The third-order valence-corrected chi connectivity index (χ3v) is 14.0. The molecule has 4 fully saturated rings. The molecule has 4 heterocycles. The first-order valence-corrected chi connectivity index (χ1v) is 21.7. The van der Waals surface area contributed by atoms with E-state index in [1.54, 1.807) is 39.5 Å². The van der Waals surface area contributed by atoms with Gasteiger partial charge in [0, 0.05) is 44.0 Å². The molecule has 6 rings (SSSR count). The van der Waals surface area contributed by atoms with Crippen LogP contribution in [0.15, 0.2) is 60.7 Å². The molecule has 4 saturated heterocycles. The summed E-state index contributed by atoms with van der Waals surface area (Å²) >= 11 is 0. The number of Topliss-reactive ketones (excluding diaryl/α,β-unsaturated/α-hetero) is 2. The fraction of sp³-hybridized carbons (Fsp3) is 0.660. The number of alkyl halides is 1. The zero-order valence-corrected chi connectivity index (χ0v) is 37.6. The highest BCUT2D eigenvalue weighted by Crippen LogP contribution is 2.46. The maximum absolute atomic E-state index is 17.0. The summed E-state index contributed by atoms with van der Waals surface area (Å²) in [6.45, 7) is 13.6. The first-order valence-electron chi connectivity index (χ1n) is 21.7. The topological polar surface area (TPSA) is 144 Å². The Morgan fingerprint density at radius 3 is 2.02 bits per heavy atom. The molecule has 13 nitrogen and oxygen atoms in total. The number of ketones is 2. The maximum atomic E-state index is 17.0. The molecule has 336 valence electrons. The summed E-state index contributed by atoms with van der Waals surface area (Å²) in [5.74, 6) is -5.78. The average Bonchev–Trinajstić information content (AvgIpc) is 3.48. The summed E-state index contributed by atoms with van der Waals surface area (Å²) in [5, 5.41) is 11.5. The van der Waals surface area contributed by atoms with Gasteiger partial charge in [0.2, 0.25) is 0 Å². The van der Waals surface area contributed by atoms with Crippen molar-refractivity contribution in [3.8, 4) is 0 Å². The van der Waals surface area contributed by atoms with E-state index in [4.69, 9.17) is 23.7 Å². The number of rotatable bonds is 9. The molecule has 0 radical (unpaired) electrons. The van der Waals surface area contributed by atoms with E-state index in [9.17, 15) is 24.3 Å². The molecule has 4 aliphatic rings. The number of hydrogen-bond acceptors (Lipinski definition) is 12. The van der Waals surface area contributed by atoms with Gasteiger partial charge < -0.3 is 33.7 Å². The summed E-state index contributed by atoms with van der Waals surface area (Å²) in [7, 11) is 5.07. The van der Waals surface area contributed by atoms with Crippen molar-refractivity contribution in [2.45, 2.75) is 146 Å². The van der Waals surface area contributed by atoms with Crippen molar-refractivity contribution < 1.29 is 52.4 Å².